The van der Waals surface area contributed by atoms with Crippen LogP contribution in [0.25, 0.3) is 22.5 Å². The van der Waals surface area contributed by atoms with Gasteiger partial charge in [0.15, 0.2) is 5.16 Å². The zero-order valence-electron chi connectivity index (χ0n) is 16.4. The second-order valence-electron chi connectivity index (χ2n) is 6.73. The fourth-order valence-corrected chi connectivity index (χ4v) is 3.49. The van der Waals surface area contributed by atoms with Gasteiger partial charge in [0.2, 0.25) is 0 Å². The largest absolute Gasteiger partial charge is 0.332 e. The van der Waals surface area contributed by atoms with Gasteiger partial charge in [0.1, 0.15) is 11.6 Å². The topological polar surface area (TPSA) is 70.7 Å². The number of aromatic nitrogens is 3. The van der Waals surface area contributed by atoms with E-state index in [-0.39, 0.29) is 11.7 Å². The molecule has 0 spiro atoms. The van der Waals surface area contributed by atoms with Gasteiger partial charge >= 0.3 is 0 Å². The minimum Gasteiger partial charge on any atom is -0.332 e. The maximum absolute atomic E-state index is 13.4. The molecule has 1 amide bonds. The number of imidazole rings is 1. The molecule has 0 aliphatic heterocycles. The summed E-state index contributed by atoms with van der Waals surface area (Å²) in [5, 5.41) is 3.58. The van der Waals surface area contributed by atoms with Gasteiger partial charge in [-0.2, -0.15) is 0 Å². The second kappa shape index (κ2) is 8.51. The molecule has 0 aliphatic carbocycles. The van der Waals surface area contributed by atoms with E-state index in [9.17, 15) is 9.18 Å². The first-order valence-electron chi connectivity index (χ1n) is 9.28. The summed E-state index contributed by atoms with van der Waals surface area (Å²) in [5.74, 6) is -0.0957. The van der Waals surface area contributed by atoms with E-state index in [1.807, 2.05) is 37.4 Å². The molecule has 150 valence electrons. The fourth-order valence-electron chi connectivity index (χ4n) is 3.10. The Kier molecular flexibility index (Phi) is 5.63. The first-order chi connectivity index (χ1) is 14.5. The average molecular weight is 418 g/mol. The number of anilines is 1. The molecular weight excluding hydrogens is 399 g/mol. The lowest BCUT2D eigenvalue weighted by molar-refractivity contribution is 0.102. The Balaban J connectivity index is 1.68. The molecule has 0 saturated heterocycles. The molecular formula is C23H19FN4OS. The molecule has 5 nitrogen and oxygen atoms in total. The number of carbonyl (C=O) groups is 1. The maximum Gasteiger partial charge on any atom is 0.256 e. The molecule has 2 aromatic carbocycles. The number of nitrogens with one attached hydrogen (secondary N) is 2. The van der Waals surface area contributed by atoms with Gasteiger partial charge in [-0.25, -0.2) is 14.4 Å². The molecule has 0 unspecified atom stereocenters. The van der Waals surface area contributed by atoms with Crippen molar-refractivity contribution >= 4 is 23.5 Å². The van der Waals surface area contributed by atoms with Crippen LogP contribution in [0.15, 0.2) is 72.0 Å². The predicted molar refractivity (Wildman–Crippen MR) is 118 cm³/mol. The summed E-state index contributed by atoms with van der Waals surface area (Å²) < 4.78 is 13.4. The Labute approximate surface area is 177 Å². The number of pyridine rings is 1. The zero-order chi connectivity index (χ0) is 21.1. The van der Waals surface area contributed by atoms with Gasteiger partial charge in [-0.05, 0) is 61.7 Å². The number of rotatable bonds is 5. The highest BCUT2D eigenvalue weighted by atomic mass is 32.2. The number of H-pyrrole nitrogens is 1. The average Bonchev–Trinajstić information content (AvgIpc) is 3.19. The molecule has 2 heterocycles. The van der Waals surface area contributed by atoms with E-state index in [1.165, 1.54) is 23.9 Å². The van der Waals surface area contributed by atoms with Gasteiger partial charge in [-0.3, -0.25) is 4.79 Å². The summed E-state index contributed by atoms with van der Waals surface area (Å²) in [6.45, 7) is 1.94. The Morgan fingerprint density at radius 2 is 1.87 bits per heavy atom. The highest BCUT2D eigenvalue weighted by Gasteiger charge is 2.15. The number of aryl methyl sites for hydroxylation is 1. The standard InChI is InChI=1S/C23H19FN4OS/c1-14-4-3-5-17(12-14)22(29)26-19-13-16(10-11-25-19)21-20(27-23(28-21)30-2)15-6-8-18(24)9-7-15/h3-13H,1-2H3,(H,27,28)(H,25,26,29). The molecule has 30 heavy (non-hydrogen) atoms. The normalized spacial score (nSPS) is 10.8. The van der Waals surface area contributed by atoms with Crippen LogP contribution in [0.2, 0.25) is 0 Å². The van der Waals surface area contributed by atoms with Crippen molar-refractivity contribution < 1.29 is 9.18 Å². The number of aromatic amines is 1. The zero-order valence-corrected chi connectivity index (χ0v) is 17.3. The molecule has 2 N–H and O–H groups in total. The summed E-state index contributed by atoms with van der Waals surface area (Å²) in [6, 6.07) is 17.2. The Bertz CT molecular complexity index is 1200. The van der Waals surface area contributed by atoms with Gasteiger partial charge in [0, 0.05) is 22.9 Å². The molecule has 0 bridgehead atoms. The lowest BCUT2D eigenvalue weighted by Crippen LogP contribution is -2.13. The number of carbonyl (C=O) groups excluding carboxylic acids is 1. The third kappa shape index (κ3) is 4.26. The highest BCUT2D eigenvalue weighted by Crippen LogP contribution is 2.33. The van der Waals surface area contributed by atoms with Crippen molar-refractivity contribution in [3.63, 3.8) is 0 Å². The molecule has 7 heteroatoms. The van der Waals surface area contributed by atoms with Crippen LogP contribution in [-0.4, -0.2) is 27.1 Å². The third-order valence-electron chi connectivity index (χ3n) is 4.56. The van der Waals surface area contributed by atoms with Crippen molar-refractivity contribution in [2.45, 2.75) is 12.1 Å². The predicted octanol–water partition coefficient (Wildman–Crippen LogP) is 5.56. The summed E-state index contributed by atoms with van der Waals surface area (Å²) in [7, 11) is 0. The van der Waals surface area contributed by atoms with E-state index in [1.54, 1.807) is 30.5 Å². The van der Waals surface area contributed by atoms with Crippen LogP contribution >= 0.6 is 11.8 Å². The van der Waals surface area contributed by atoms with E-state index in [4.69, 9.17) is 0 Å². The molecule has 0 saturated carbocycles. The van der Waals surface area contributed by atoms with Crippen molar-refractivity contribution in [3.8, 4) is 22.5 Å². The number of benzene rings is 2. The summed E-state index contributed by atoms with van der Waals surface area (Å²) >= 11 is 1.48. The van der Waals surface area contributed by atoms with Crippen LogP contribution in [0.5, 0.6) is 0 Å². The SMILES string of the molecule is CSc1nc(-c2ccnc(NC(=O)c3cccc(C)c3)c2)c(-c2ccc(F)cc2)[nH]1. The van der Waals surface area contributed by atoms with Gasteiger partial charge in [-0.15, -0.1) is 0 Å². The maximum atomic E-state index is 13.4. The Morgan fingerprint density at radius 3 is 2.60 bits per heavy atom. The fraction of sp³-hybridized carbons (Fsp3) is 0.0870. The first-order valence-corrected chi connectivity index (χ1v) is 10.5. The Morgan fingerprint density at radius 1 is 1.07 bits per heavy atom. The van der Waals surface area contributed by atoms with Crippen LogP contribution in [-0.2, 0) is 0 Å². The minimum atomic E-state index is -0.296. The van der Waals surface area contributed by atoms with Gasteiger partial charge in [-0.1, -0.05) is 29.5 Å². The van der Waals surface area contributed by atoms with Crippen LogP contribution in [0.3, 0.4) is 0 Å². The van der Waals surface area contributed by atoms with Gasteiger partial charge in [0.05, 0.1) is 11.4 Å². The van der Waals surface area contributed by atoms with Gasteiger partial charge in [0.25, 0.3) is 5.91 Å². The third-order valence-corrected chi connectivity index (χ3v) is 5.14. The lowest BCUT2D eigenvalue weighted by Gasteiger charge is -2.08. The monoisotopic (exact) mass is 418 g/mol. The first kappa shape index (κ1) is 19.8. The van der Waals surface area contributed by atoms with Crippen molar-refractivity contribution in [3.05, 3.63) is 83.8 Å². The highest BCUT2D eigenvalue weighted by molar-refractivity contribution is 7.98. The molecule has 0 atom stereocenters. The number of thioether (sulfide) groups is 1. The molecule has 2 aromatic heterocycles. The Hall–Kier alpha value is -3.45. The lowest BCUT2D eigenvalue weighted by atomic mass is 10.1. The van der Waals surface area contributed by atoms with E-state index >= 15 is 0 Å². The van der Waals surface area contributed by atoms with E-state index in [2.05, 4.69) is 20.3 Å². The number of halogens is 1. The van der Waals surface area contributed by atoms with Crippen LogP contribution < -0.4 is 5.32 Å². The summed E-state index contributed by atoms with van der Waals surface area (Å²) in [6.07, 6.45) is 3.56. The van der Waals surface area contributed by atoms with Crippen molar-refractivity contribution in [2.24, 2.45) is 0 Å². The molecule has 4 rings (SSSR count). The summed E-state index contributed by atoms with van der Waals surface area (Å²) in [4.78, 5) is 24.8. The molecule has 4 aromatic rings. The van der Waals surface area contributed by atoms with Crippen LogP contribution in [0.4, 0.5) is 10.2 Å². The number of hydrogen-bond acceptors (Lipinski definition) is 4. The van der Waals surface area contributed by atoms with Crippen molar-refractivity contribution in [1.82, 2.24) is 15.0 Å². The molecule has 0 radical (unpaired) electrons. The van der Waals surface area contributed by atoms with Crippen molar-refractivity contribution in [1.29, 1.82) is 0 Å². The molecule has 0 aliphatic rings. The van der Waals surface area contributed by atoms with E-state index < -0.39 is 0 Å². The quantitative estimate of drug-likeness (QED) is 0.416. The van der Waals surface area contributed by atoms with E-state index in [0.717, 1.165) is 27.5 Å². The van der Waals surface area contributed by atoms with Gasteiger partial charge < -0.3 is 10.3 Å². The number of amides is 1. The van der Waals surface area contributed by atoms with Crippen molar-refractivity contribution in [2.75, 3.05) is 11.6 Å². The van der Waals surface area contributed by atoms with Crippen LogP contribution in [0, 0.1) is 12.7 Å². The summed E-state index contributed by atoms with van der Waals surface area (Å²) in [5.41, 5.74) is 4.68. The molecule has 0 fully saturated rings. The second-order valence-corrected chi connectivity index (χ2v) is 7.52. The van der Waals surface area contributed by atoms with Crippen LogP contribution in [0.1, 0.15) is 15.9 Å². The van der Waals surface area contributed by atoms with E-state index in [0.29, 0.717) is 17.1 Å². The number of nitrogens with zero attached hydrogens (tertiary/aromatic N) is 2. The minimum absolute atomic E-state index is 0.228. The smallest absolute Gasteiger partial charge is 0.256 e. The number of hydrogen-bond donors (Lipinski definition) is 2.